The number of anilines is 1. The number of hydrogen-bond acceptors (Lipinski definition) is 7. The lowest BCUT2D eigenvalue weighted by Gasteiger charge is -2.11. The topological polar surface area (TPSA) is 115 Å². The normalized spacial score (nSPS) is 10.6. The summed E-state index contributed by atoms with van der Waals surface area (Å²) in [4.78, 5) is 36.7. The first-order valence-corrected chi connectivity index (χ1v) is 11.8. The van der Waals surface area contributed by atoms with Crippen LogP contribution >= 0.6 is 11.6 Å². The zero-order valence-electron chi connectivity index (χ0n) is 20.5. The second-order valence-electron chi connectivity index (χ2n) is 7.60. The van der Waals surface area contributed by atoms with Crippen LogP contribution in [0.1, 0.15) is 35.3 Å². The average molecular weight is 524 g/mol. The fourth-order valence-corrected chi connectivity index (χ4v) is 3.23. The predicted octanol–water partition coefficient (Wildman–Crippen LogP) is 4.75. The fraction of sp³-hybridized carbons (Fsp3) is 0.185. The van der Waals surface area contributed by atoms with E-state index in [1.807, 2.05) is 13.8 Å². The summed E-state index contributed by atoms with van der Waals surface area (Å²) in [6.45, 7) is 6.34. The lowest BCUT2D eigenvalue weighted by atomic mass is 10.2. The third kappa shape index (κ3) is 7.81. The monoisotopic (exact) mass is 523 g/mol. The summed E-state index contributed by atoms with van der Waals surface area (Å²) >= 11 is 6.03. The number of amides is 2. The Morgan fingerprint density at radius 3 is 2.30 bits per heavy atom. The van der Waals surface area contributed by atoms with Crippen LogP contribution < -0.4 is 25.0 Å². The molecule has 0 spiro atoms. The number of rotatable bonds is 9. The van der Waals surface area contributed by atoms with Crippen molar-refractivity contribution in [3.05, 3.63) is 82.4 Å². The predicted molar refractivity (Wildman–Crippen MR) is 141 cm³/mol. The van der Waals surface area contributed by atoms with Crippen molar-refractivity contribution in [2.75, 3.05) is 18.5 Å². The van der Waals surface area contributed by atoms with Crippen LogP contribution in [0.4, 0.5) is 5.69 Å². The highest BCUT2D eigenvalue weighted by molar-refractivity contribution is 6.39. The van der Waals surface area contributed by atoms with Crippen molar-refractivity contribution >= 4 is 41.3 Å². The van der Waals surface area contributed by atoms with E-state index < -0.39 is 17.8 Å². The SMILES string of the molecule is CCOc1ccc(C(=O)Oc2ccc(C=NNC(=O)C(=O)Nc3ccc(C)c(Cl)c3)cc2OCC)cc1. The Hall–Kier alpha value is -4.37. The Balaban J connectivity index is 1.62. The standard InChI is InChI=1S/C27H26ClN3O6/c1-4-35-21-11-8-19(9-12-21)27(34)37-23-13-7-18(14-24(23)36-5-2)16-29-31-26(33)25(32)30-20-10-6-17(3)22(28)15-20/h6-16H,4-5H2,1-3H3,(H,30,32)(H,31,33). The minimum Gasteiger partial charge on any atom is -0.494 e. The van der Waals surface area contributed by atoms with Gasteiger partial charge < -0.3 is 19.5 Å². The number of hydrogen-bond donors (Lipinski definition) is 2. The van der Waals surface area contributed by atoms with Crippen LogP contribution in [-0.4, -0.2) is 37.2 Å². The minimum atomic E-state index is -0.959. The molecule has 9 nitrogen and oxygen atoms in total. The van der Waals surface area contributed by atoms with Crippen LogP contribution in [0.15, 0.2) is 65.8 Å². The molecule has 0 aromatic heterocycles. The van der Waals surface area contributed by atoms with Crippen molar-refractivity contribution in [1.29, 1.82) is 0 Å². The number of ether oxygens (including phenoxy) is 3. The molecular formula is C27H26ClN3O6. The molecule has 0 saturated carbocycles. The molecule has 0 heterocycles. The van der Waals surface area contributed by atoms with E-state index in [2.05, 4.69) is 15.8 Å². The van der Waals surface area contributed by atoms with E-state index in [0.29, 0.717) is 46.5 Å². The van der Waals surface area contributed by atoms with Crippen LogP contribution in [0, 0.1) is 6.92 Å². The highest BCUT2D eigenvalue weighted by Crippen LogP contribution is 2.29. The third-order valence-corrected chi connectivity index (χ3v) is 5.29. The number of nitrogens with one attached hydrogen (secondary N) is 2. The lowest BCUT2D eigenvalue weighted by Crippen LogP contribution is -2.32. The molecule has 0 saturated heterocycles. The molecule has 3 aromatic rings. The molecule has 3 aromatic carbocycles. The van der Waals surface area contributed by atoms with Gasteiger partial charge in [0.2, 0.25) is 0 Å². The molecule has 3 rings (SSSR count). The largest absolute Gasteiger partial charge is 0.494 e. The Morgan fingerprint density at radius 1 is 0.892 bits per heavy atom. The maximum absolute atomic E-state index is 12.6. The van der Waals surface area contributed by atoms with E-state index in [1.165, 1.54) is 6.21 Å². The molecule has 0 aliphatic heterocycles. The number of nitrogens with zero attached hydrogens (tertiary/aromatic N) is 1. The third-order valence-electron chi connectivity index (χ3n) is 4.89. The van der Waals surface area contributed by atoms with E-state index in [-0.39, 0.29) is 5.75 Å². The van der Waals surface area contributed by atoms with Crippen molar-refractivity contribution in [2.45, 2.75) is 20.8 Å². The van der Waals surface area contributed by atoms with Crippen molar-refractivity contribution in [1.82, 2.24) is 5.43 Å². The maximum Gasteiger partial charge on any atom is 0.343 e. The van der Waals surface area contributed by atoms with Crippen LogP contribution in [0.5, 0.6) is 17.2 Å². The van der Waals surface area contributed by atoms with Gasteiger partial charge >= 0.3 is 17.8 Å². The smallest absolute Gasteiger partial charge is 0.343 e. The first-order valence-electron chi connectivity index (χ1n) is 11.4. The van der Waals surface area contributed by atoms with Gasteiger partial charge in [-0.1, -0.05) is 17.7 Å². The van der Waals surface area contributed by atoms with Crippen molar-refractivity contribution in [3.8, 4) is 17.2 Å². The van der Waals surface area contributed by atoms with Crippen molar-refractivity contribution in [3.63, 3.8) is 0 Å². The first kappa shape index (κ1) is 27.2. The second kappa shape index (κ2) is 13.1. The molecule has 0 radical (unpaired) electrons. The molecule has 0 aliphatic rings. The van der Waals surface area contributed by atoms with Gasteiger partial charge in [0.25, 0.3) is 0 Å². The molecular weight excluding hydrogens is 498 g/mol. The van der Waals surface area contributed by atoms with Crippen LogP contribution in [0.3, 0.4) is 0 Å². The zero-order valence-corrected chi connectivity index (χ0v) is 21.3. The Bertz CT molecular complexity index is 1310. The average Bonchev–Trinajstić information content (AvgIpc) is 2.88. The summed E-state index contributed by atoms with van der Waals surface area (Å²) in [6.07, 6.45) is 1.33. The minimum absolute atomic E-state index is 0.220. The van der Waals surface area contributed by atoms with Gasteiger partial charge in [-0.3, -0.25) is 9.59 Å². The number of carbonyl (C=O) groups excluding carboxylic acids is 3. The van der Waals surface area contributed by atoms with E-state index in [9.17, 15) is 14.4 Å². The Morgan fingerprint density at radius 2 is 1.62 bits per heavy atom. The summed E-state index contributed by atoms with van der Waals surface area (Å²) in [5, 5.41) is 6.73. The van der Waals surface area contributed by atoms with Gasteiger partial charge in [0.05, 0.1) is 25.0 Å². The first-order chi connectivity index (χ1) is 17.8. The van der Waals surface area contributed by atoms with Crippen molar-refractivity contribution < 1.29 is 28.6 Å². The number of halogens is 1. The molecule has 0 atom stereocenters. The Labute approximate surface area is 219 Å². The highest BCUT2D eigenvalue weighted by Gasteiger charge is 2.15. The van der Waals surface area contributed by atoms with Crippen LogP contribution in [0.2, 0.25) is 5.02 Å². The second-order valence-corrected chi connectivity index (χ2v) is 8.01. The molecule has 10 heteroatoms. The van der Waals surface area contributed by atoms with Gasteiger partial charge in [-0.25, -0.2) is 10.2 Å². The van der Waals surface area contributed by atoms with E-state index in [0.717, 1.165) is 5.56 Å². The lowest BCUT2D eigenvalue weighted by molar-refractivity contribution is -0.136. The highest BCUT2D eigenvalue weighted by atomic mass is 35.5. The van der Waals surface area contributed by atoms with Crippen LogP contribution in [-0.2, 0) is 9.59 Å². The number of carbonyl (C=O) groups is 3. The van der Waals surface area contributed by atoms with Gasteiger partial charge in [0.15, 0.2) is 11.5 Å². The van der Waals surface area contributed by atoms with Crippen molar-refractivity contribution in [2.24, 2.45) is 5.10 Å². The van der Waals surface area contributed by atoms with Gasteiger partial charge in [0.1, 0.15) is 5.75 Å². The molecule has 2 amide bonds. The molecule has 192 valence electrons. The quantitative estimate of drug-likeness (QED) is 0.137. The van der Waals surface area contributed by atoms with Gasteiger partial charge in [-0.05, 0) is 86.5 Å². The summed E-state index contributed by atoms with van der Waals surface area (Å²) in [6, 6.07) is 16.3. The van der Waals surface area contributed by atoms with E-state index >= 15 is 0 Å². The number of hydrazone groups is 1. The van der Waals surface area contributed by atoms with Crippen LogP contribution in [0.25, 0.3) is 0 Å². The van der Waals surface area contributed by atoms with Gasteiger partial charge in [0, 0.05) is 10.7 Å². The van der Waals surface area contributed by atoms with Gasteiger partial charge in [-0.15, -0.1) is 0 Å². The maximum atomic E-state index is 12.6. The van der Waals surface area contributed by atoms with E-state index in [1.54, 1.807) is 67.6 Å². The summed E-state index contributed by atoms with van der Waals surface area (Å²) in [5.41, 5.74) is 4.28. The number of aryl methyl sites for hydroxylation is 1. The summed E-state index contributed by atoms with van der Waals surface area (Å²) < 4.78 is 16.5. The molecule has 0 unspecified atom stereocenters. The van der Waals surface area contributed by atoms with Gasteiger partial charge in [-0.2, -0.15) is 5.10 Å². The summed E-state index contributed by atoms with van der Waals surface area (Å²) in [5.74, 6) is -1.23. The molecule has 0 fully saturated rings. The fourth-order valence-electron chi connectivity index (χ4n) is 3.04. The molecule has 0 bridgehead atoms. The molecule has 0 aliphatic carbocycles. The Kier molecular flexibility index (Phi) is 9.62. The summed E-state index contributed by atoms with van der Waals surface area (Å²) in [7, 11) is 0. The molecule has 37 heavy (non-hydrogen) atoms. The zero-order chi connectivity index (χ0) is 26.8. The number of benzene rings is 3. The number of esters is 1. The van der Waals surface area contributed by atoms with E-state index in [4.69, 9.17) is 25.8 Å². The molecule has 2 N–H and O–H groups in total.